The molecule has 44 heavy (non-hydrogen) atoms. The Labute approximate surface area is 265 Å². The highest BCUT2D eigenvalue weighted by Gasteiger charge is 2.20. The molecule has 1 atom stereocenters. The second-order valence-corrected chi connectivity index (χ2v) is 10.8. The third-order valence-corrected chi connectivity index (χ3v) is 7.70. The van der Waals surface area contributed by atoms with Gasteiger partial charge in [-0.05, 0) is 89.6 Å². The van der Waals surface area contributed by atoms with Crippen LogP contribution in [0.25, 0.3) is 5.57 Å². The van der Waals surface area contributed by atoms with Gasteiger partial charge in [0.2, 0.25) is 5.96 Å². The van der Waals surface area contributed by atoms with Gasteiger partial charge in [-0.3, -0.25) is 10.1 Å². The van der Waals surface area contributed by atoms with Crippen LogP contribution < -0.4 is 15.5 Å². The lowest BCUT2D eigenvalue weighted by Crippen LogP contribution is -2.43. The molecule has 0 radical (unpaired) electrons. The number of tetrazole rings is 1. The van der Waals surface area contributed by atoms with E-state index < -0.39 is 0 Å². The molecule has 12 heteroatoms. The maximum atomic E-state index is 12.6. The number of H-pyrrole nitrogens is 1. The van der Waals surface area contributed by atoms with Crippen LogP contribution in [0.2, 0.25) is 5.02 Å². The predicted octanol–water partition coefficient (Wildman–Crippen LogP) is 6.28. The first-order chi connectivity index (χ1) is 21.5. The van der Waals surface area contributed by atoms with Gasteiger partial charge in [0.25, 0.3) is 11.9 Å². The number of halogens is 1. The zero-order chi connectivity index (χ0) is 30.7. The summed E-state index contributed by atoms with van der Waals surface area (Å²) in [6.45, 7) is 0.348. The van der Waals surface area contributed by atoms with E-state index in [9.17, 15) is 10.1 Å². The lowest BCUT2D eigenvalue weighted by Gasteiger charge is -2.30. The molecule has 1 aliphatic rings. The average Bonchev–Trinajstić information content (AvgIpc) is 3.58. The quantitative estimate of drug-likeness (QED) is 0.0813. The molecular formula is C32H30ClN9OS. The van der Waals surface area contributed by atoms with E-state index in [0.717, 1.165) is 29.7 Å². The number of thiocarbonyl (C=S) groups is 1. The fourth-order valence-corrected chi connectivity index (χ4v) is 5.25. The van der Waals surface area contributed by atoms with Crippen molar-refractivity contribution < 1.29 is 4.79 Å². The molecule has 0 saturated heterocycles. The molecule has 1 aliphatic carbocycles. The van der Waals surface area contributed by atoms with Crippen LogP contribution in [0, 0.1) is 11.3 Å². The van der Waals surface area contributed by atoms with Crippen LogP contribution in [0.4, 0.5) is 11.6 Å². The number of rotatable bonds is 10. The normalized spacial score (nSPS) is 13.7. The number of anilines is 2. The first-order valence-electron chi connectivity index (χ1n) is 14.1. The van der Waals surface area contributed by atoms with E-state index in [2.05, 4.69) is 72.7 Å². The van der Waals surface area contributed by atoms with Crippen LogP contribution in [-0.4, -0.2) is 44.4 Å². The van der Waals surface area contributed by atoms with Gasteiger partial charge >= 0.3 is 0 Å². The number of aromatic nitrogens is 4. The molecule has 3 N–H and O–H groups in total. The summed E-state index contributed by atoms with van der Waals surface area (Å²) in [6.07, 6.45) is 6.92. The minimum Gasteiger partial charge on any atom is -0.345 e. The summed E-state index contributed by atoms with van der Waals surface area (Å²) in [7, 11) is 0. The number of amides is 1. The van der Waals surface area contributed by atoms with Crippen LogP contribution in [0.1, 0.15) is 58.8 Å². The predicted molar refractivity (Wildman–Crippen MR) is 177 cm³/mol. The van der Waals surface area contributed by atoms with Crippen LogP contribution in [0.3, 0.4) is 0 Å². The summed E-state index contributed by atoms with van der Waals surface area (Å²) in [4.78, 5) is 19.3. The molecule has 0 spiro atoms. The SMILES string of the molecule is N#CCN=C(NC(C=S)c1ccc(Cl)cc1)N(Cc1ccc(C(=O)Nc2nn[nH]n2)cc1)c1ccc(C2=CCCCC2)cc1. The van der Waals surface area contributed by atoms with E-state index >= 15 is 0 Å². The van der Waals surface area contributed by atoms with Gasteiger partial charge in [-0.2, -0.15) is 10.5 Å². The summed E-state index contributed by atoms with van der Waals surface area (Å²) >= 11 is 11.5. The zero-order valence-corrected chi connectivity index (χ0v) is 25.4. The molecule has 0 aliphatic heterocycles. The number of nitriles is 1. The molecular weight excluding hydrogens is 594 g/mol. The van der Waals surface area contributed by atoms with Crippen molar-refractivity contribution in [1.29, 1.82) is 5.26 Å². The number of allylic oxidation sites excluding steroid dienone is 2. The standard InChI is InChI=1S/C32H30ClN9OS/c33-27-14-10-25(11-15-27)29(21-44)36-32(35-19-18-34)42(28-16-12-24(13-17-28)23-4-2-1-3-5-23)20-22-6-8-26(9-7-22)30(43)37-31-38-40-41-39-31/h4,6-17,21,29H,1-3,5,19-20H2,(H,35,36)(H2,37,38,39,40,41,43). The number of hydrogen-bond donors (Lipinski definition) is 3. The number of aliphatic imine (C=N–C) groups is 1. The van der Waals surface area contributed by atoms with E-state index in [4.69, 9.17) is 23.8 Å². The molecule has 1 amide bonds. The smallest absolute Gasteiger partial charge is 0.270 e. The van der Waals surface area contributed by atoms with Gasteiger partial charge in [0.05, 0.1) is 18.7 Å². The van der Waals surface area contributed by atoms with Gasteiger partial charge in [0, 0.05) is 21.6 Å². The summed E-state index contributed by atoms with van der Waals surface area (Å²) in [5.74, 6) is 0.221. The fourth-order valence-electron chi connectivity index (χ4n) is 4.90. The van der Waals surface area contributed by atoms with Gasteiger partial charge in [-0.1, -0.05) is 71.4 Å². The number of nitrogens with zero attached hydrogens (tertiary/aromatic N) is 6. The second kappa shape index (κ2) is 15.0. The van der Waals surface area contributed by atoms with E-state index in [1.807, 2.05) is 41.3 Å². The molecule has 1 unspecified atom stereocenters. The Kier molecular flexibility index (Phi) is 10.4. The number of guanidine groups is 1. The van der Waals surface area contributed by atoms with Crippen LogP contribution in [-0.2, 0) is 6.54 Å². The molecule has 4 aromatic rings. The van der Waals surface area contributed by atoms with Crippen LogP contribution in [0.5, 0.6) is 0 Å². The van der Waals surface area contributed by atoms with Gasteiger partial charge in [0.15, 0.2) is 0 Å². The van der Waals surface area contributed by atoms with E-state index in [-0.39, 0.29) is 24.4 Å². The minimum absolute atomic E-state index is 0.0518. The van der Waals surface area contributed by atoms with E-state index in [1.54, 1.807) is 17.5 Å². The summed E-state index contributed by atoms with van der Waals surface area (Å²) in [6, 6.07) is 24.8. The zero-order valence-electron chi connectivity index (χ0n) is 23.8. The monoisotopic (exact) mass is 623 g/mol. The second-order valence-electron chi connectivity index (χ2n) is 10.1. The lowest BCUT2D eigenvalue weighted by molar-refractivity contribution is 0.102. The molecule has 0 bridgehead atoms. The summed E-state index contributed by atoms with van der Waals surface area (Å²) in [5, 5.41) is 31.0. The topological polar surface area (TPSA) is 135 Å². The van der Waals surface area contributed by atoms with Crippen molar-refractivity contribution >= 4 is 58.3 Å². The first-order valence-corrected chi connectivity index (χ1v) is 15.0. The Bertz CT molecular complexity index is 1660. The number of carbonyl (C=O) groups excluding carboxylic acids is 1. The van der Waals surface area contributed by atoms with Gasteiger partial charge in [0.1, 0.15) is 6.54 Å². The Hall–Kier alpha value is -4.92. The molecule has 222 valence electrons. The molecule has 1 aromatic heterocycles. The van der Waals surface area contributed by atoms with Crippen molar-refractivity contribution in [2.45, 2.75) is 38.3 Å². The number of hydrogen-bond acceptors (Lipinski definition) is 7. The van der Waals surface area contributed by atoms with Crippen molar-refractivity contribution in [1.82, 2.24) is 25.9 Å². The number of carbonyl (C=O) groups is 1. The number of benzene rings is 3. The molecule has 0 saturated carbocycles. The average molecular weight is 624 g/mol. The molecule has 3 aromatic carbocycles. The molecule has 10 nitrogen and oxygen atoms in total. The molecule has 1 heterocycles. The number of aromatic amines is 1. The highest BCUT2D eigenvalue weighted by molar-refractivity contribution is 7.79. The summed E-state index contributed by atoms with van der Waals surface area (Å²) < 4.78 is 0. The minimum atomic E-state index is -0.370. The third-order valence-electron chi connectivity index (χ3n) is 7.17. The maximum absolute atomic E-state index is 12.6. The van der Waals surface area contributed by atoms with Crippen molar-refractivity contribution in [3.05, 3.63) is 106 Å². The Morgan fingerprint density at radius 2 is 1.89 bits per heavy atom. The summed E-state index contributed by atoms with van der Waals surface area (Å²) in [5.41, 5.74) is 5.71. The van der Waals surface area contributed by atoms with E-state index in [1.165, 1.54) is 24.0 Å². The first kappa shape index (κ1) is 30.5. The largest absolute Gasteiger partial charge is 0.345 e. The Balaban J connectivity index is 1.45. The van der Waals surface area contributed by atoms with Crippen molar-refractivity contribution in [3.63, 3.8) is 0 Å². The Morgan fingerprint density at radius 1 is 1.11 bits per heavy atom. The Morgan fingerprint density at radius 3 is 2.52 bits per heavy atom. The molecule has 5 rings (SSSR count). The third kappa shape index (κ3) is 7.92. The van der Waals surface area contributed by atoms with Crippen LogP contribution >= 0.6 is 23.8 Å². The highest BCUT2D eigenvalue weighted by atomic mass is 35.5. The lowest BCUT2D eigenvalue weighted by atomic mass is 9.93. The maximum Gasteiger partial charge on any atom is 0.270 e. The van der Waals surface area contributed by atoms with E-state index in [0.29, 0.717) is 23.1 Å². The van der Waals surface area contributed by atoms with Crippen molar-refractivity contribution in [2.75, 3.05) is 16.8 Å². The van der Waals surface area contributed by atoms with Gasteiger partial charge in [-0.25, -0.2) is 4.99 Å². The molecule has 0 fully saturated rings. The van der Waals surface area contributed by atoms with Gasteiger partial charge < -0.3 is 10.2 Å². The van der Waals surface area contributed by atoms with Crippen molar-refractivity contribution in [2.24, 2.45) is 4.99 Å². The van der Waals surface area contributed by atoms with Crippen molar-refractivity contribution in [3.8, 4) is 6.07 Å². The highest BCUT2D eigenvalue weighted by Crippen LogP contribution is 2.29. The number of nitrogens with one attached hydrogen (secondary N) is 3. The fraction of sp³-hybridized carbons (Fsp3) is 0.219. The van der Waals surface area contributed by atoms with Crippen LogP contribution in [0.15, 0.2) is 83.9 Å². The van der Waals surface area contributed by atoms with Gasteiger partial charge in [-0.15, -0.1) is 5.10 Å².